The first-order chi connectivity index (χ1) is 5.15. The van der Waals surface area contributed by atoms with Gasteiger partial charge in [0, 0.05) is 13.0 Å². The van der Waals surface area contributed by atoms with Gasteiger partial charge in [-0.2, -0.15) is 0 Å². The van der Waals surface area contributed by atoms with Crippen molar-refractivity contribution < 1.29 is 13.9 Å². The number of alkyl halides is 1. The van der Waals surface area contributed by atoms with Gasteiger partial charge in [-0.05, 0) is 7.05 Å². The quantitative estimate of drug-likeness (QED) is 0.514. The maximum absolute atomic E-state index is 12.7. The lowest BCUT2D eigenvalue weighted by Gasteiger charge is -2.15. The SMILES string of the molecule is COC(=O)[C@@H]1C[C@@H](F)CN1C. The second kappa shape index (κ2) is 3.17. The van der Waals surface area contributed by atoms with Crippen LogP contribution < -0.4 is 0 Å². The van der Waals surface area contributed by atoms with Gasteiger partial charge in [-0.3, -0.25) is 9.69 Å². The van der Waals surface area contributed by atoms with Crippen molar-refractivity contribution in [1.29, 1.82) is 0 Å². The fraction of sp³-hybridized carbons (Fsp3) is 0.857. The Kier molecular flexibility index (Phi) is 2.44. The van der Waals surface area contributed by atoms with Crippen LogP contribution in [0.15, 0.2) is 0 Å². The zero-order valence-electron chi connectivity index (χ0n) is 6.71. The van der Waals surface area contributed by atoms with Gasteiger partial charge in [-0.15, -0.1) is 0 Å². The van der Waals surface area contributed by atoms with Crippen LogP contribution in [-0.2, 0) is 9.53 Å². The number of nitrogens with zero attached hydrogens (tertiary/aromatic N) is 1. The number of likely N-dealkylation sites (N-methyl/N-ethyl adjacent to an activating group) is 1. The first-order valence-corrected chi connectivity index (χ1v) is 3.57. The molecule has 1 aliphatic rings. The zero-order chi connectivity index (χ0) is 8.43. The molecule has 0 aromatic rings. The van der Waals surface area contributed by atoms with Crippen molar-refractivity contribution in [3.8, 4) is 0 Å². The number of hydrogen-bond acceptors (Lipinski definition) is 3. The van der Waals surface area contributed by atoms with Crippen molar-refractivity contribution in [2.75, 3.05) is 20.7 Å². The van der Waals surface area contributed by atoms with Gasteiger partial charge in [-0.25, -0.2) is 4.39 Å². The predicted octanol–water partition coefficient (Wildman–Crippen LogP) is 0.202. The van der Waals surface area contributed by atoms with E-state index in [2.05, 4.69) is 4.74 Å². The summed E-state index contributed by atoms with van der Waals surface area (Å²) in [5.41, 5.74) is 0. The van der Waals surface area contributed by atoms with Gasteiger partial charge >= 0.3 is 5.97 Å². The summed E-state index contributed by atoms with van der Waals surface area (Å²) in [5, 5.41) is 0. The smallest absolute Gasteiger partial charge is 0.323 e. The number of likely N-dealkylation sites (tertiary alicyclic amines) is 1. The summed E-state index contributed by atoms with van der Waals surface area (Å²) in [5.74, 6) is -0.340. The summed E-state index contributed by atoms with van der Waals surface area (Å²) in [7, 11) is 3.04. The van der Waals surface area contributed by atoms with E-state index in [0.29, 0.717) is 6.54 Å². The molecule has 0 unspecified atom stereocenters. The first-order valence-electron chi connectivity index (χ1n) is 3.57. The number of carbonyl (C=O) groups is 1. The molecule has 1 heterocycles. The average molecular weight is 161 g/mol. The van der Waals surface area contributed by atoms with Gasteiger partial charge in [0.1, 0.15) is 12.2 Å². The normalized spacial score (nSPS) is 32.3. The number of ether oxygens (including phenoxy) is 1. The van der Waals surface area contributed by atoms with E-state index in [4.69, 9.17) is 0 Å². The highest BCUT2D eigenvalue weighted by Gasteiger charge is 2.34. The maximum atomic E-state index is 12.7. The monoisotopic (exact) mass is 161 g/mol. The van der Waals surface area contributed by atoms with Gasteiger partial charge in [0.05, 0.1) is 7.11 Å². The highest BCUT2D eigenvalue weighted by Crippen LogP contribution is 2.18. The second-order valence-corrected chi connectivity index (χ2v) is 2.81. The van der Waals surface area contributed by atoms with Crippen LogP contribution in [0.3, 0.4) is 0 Å². The van der Waals surface area contributed by atoms with Crippen molar-refractivity contribution in [2.24, 2.45) is 0 Å². The molecule has 1 aliphatic heterocycles. The van der Waals surface area contributed by atoms with E-state index < -0.39 is 6.17 Å². The van der Waals surface area contributed by atoms with Crippen LogP contribution in [0.2, 0.25) is 0 Å². The van der Waals surface area contributed by atoms with Gasteiger partial charge < -0.3 is 4.74 Å². The van der Waals surface area contributed by atoms with Crippen molar-refractivity contribution in [3.63, 3.8) is 0 Å². The highest BCUT2D eigenvalue weighted by atomic mass is 19.1. The average Bonchev–Trinajstić information content (AvgIpc) is 2.28. The molecule has 1 saturated heterocycles. The van der Waals surface area contributed by atoms with Crippen molar-refractivity contribution in [2.45, 2.75) is 18.6 Å². The molecule has 11 heavy (non-hydrogen) atoms. The fourth-order valence-electron chi connectivity index (χ4n) is 1.35. The van der Waals surface area contributed by atoms with Crippen molar-refractivity contribution >= 4 is 5.97 Å². The van der Waals surface area contributed by atoms with Crippen LogP contribution in [0.25, 0.3) is 0 Å². The fourth-order valence-corrected chi connectivity index (χ4v) is 1.35. The van der Waals surface area contributed by atoms with E-state index >= 15 is 0 Å². The summed E-state index contributed by atoms with van der Waals surface area (Å²) in [4.78, 5) is 12.6. The molecule has 0 spiro atoms. The Morgan fingerprint density at radius 1 is 1.73 bits per heavy atom. The van der Waals surface area contributed by atoms with Crippen LogP contribution in [0.5, 0.6) is 0 Å². The third-order valence-corrected chi connectivity index (χ3v) is 1.97. The molecule has 0 N–H and O–H groups in total. The van der Waals surface area contributed by atoms with E-state index in [1.807, 2.05) is 0 Å². The Balaban J connectivity index is 2.52. The minimum absolute atomic E-state index is 0.267. The lowest BCUT2D eigenvalue weighted by molar-refractivity contribution is -0.145. The lowest BCUT2D eigenvalue weighted by Crippen LogP contribution is -2.33. The zero-order valence-corrected chi connectivity index (χ0v) is 6.71. The summed E-state index contributed by atoms with van der Waals surface area (Å²) >= 11 is 0. The third kappa shape index (κ3) is 1.68. The van der Waals surface area contributed by atoms with Gasteiger partial charge in [0.15, 0.2) is 0 Å². The molecular formula is C7H12FNO2. The van der Waals surface area contributed by atoms with Crippen molar-refractivity contribution in [3.05, 3.63) is 0 Å². The lowest BCUT2D eigenvalue weighted by atomic mass is 10.2. The number of rotatable bonds is 1. The molecule has 0 amide bonds. The molecule has 0 saturated carbocycles. The van der Waals surface area contributed by atoms with E-state index in [-0.39, 0.29) is 18.4 Å². The van der Waals surface area contributed by atoms with E-state index in [1.165, 1.54) is 7.11 Å². The van der Waals surface area contributed by atoms with Crippen LogP contribution in [0, 0.1) is 0 Å². The molecule has 0 aliphatic carbocycles. The molecule has 3 nitrogen and oxygen atoms in total. The van der Waals surface area contributed by atoms with Gasteiger partial charge in [0.2, 0.25) is 0 Å². The minimum Gasteiger partial charge on any atom is -0.468 e. The van der Waals surface area contributed by atoms with Gasteiger partial charge in [0.25, 0.3) is 0 Å². The molecule has 4 heteroatoms. The van der Waals surface area contributed by atoms with Crippen LogP contribution in [-0.4, -0.2) is 43.8 Å². The Hall–Kier alpha value is -0.640. The topological polar surface area (TPSA) is 29.5 Å². The van der Waals surface area contributed by atoms with E-state index in [1.54, 1.807) is 11.9 Å². The number of esters is 1. The maximum Gasteiger partial charge on any atom is 0.323 e. The summed E-state index contributed by atoms with van der Waals surface area (Å²) < 4.78 is 17.2. The number of halogens is 1. The second-order valence-electron chi connectivity index (χ2n) is 2.81. The Bertz CT molecular complexity index is 163. The van der Waals surface area contributed by atoms with Gasteiger partial charge in [-0.1, -0.05) is 0 Å². The summed E-state index contributed by atoms with van der Waals surface area (Å²) in [6.45, 7) is 0.333. The Labute approximate surface area is 65.1 Å². The molecule has 0 aromatic carbocycles. The molecular weight excluding hydrogens is 149 g/mol. The largest absolute Gasteiger partial charge is 0.468 e. The minimum atomic E-state index is -0.885. The molecule has 0 bridgehead atoms. The molecule has 0 radical (unpaired) electrons. The van der Waals surface area contributed by atoms with Crippen molar-refractivity contribution in [1.82, 2.24) is 4.90 Å². The van der Waals surface area contributed by atoms with Crippen LogP contribution >= 0.6 is 0 Å². The summed E-state index contributed by atoms with van der Waals surface area (Å²) in [6, 6.07) is -0.380. The summed E-state index contributed by atoms with van der Waals surface area (Å²) in [6.07, 6.45) is -0.618. The Morgan fingerprint density at radius 3 is 2.73 bits per heavy atom. The molecule has 64 valence electrons. The van der Waals surface area contributed by atoms with Crippen LogP contribution in [0.1, 0.15) is 6.42 Å². The standard InChI is InChI=1S/C7H12FNO2/c1-9-4-5(8)3-6(9)7(10)11-2/h5-6H,3-4H2,1-2H3/t5-,6+/m1/s1. The molecule has 1 rings (SSSR count). The van der Waals surface area contributed by atoms with Crippen LogP contribution in [0.4, 0.5) is 4.39 Å². The number of hydrogen-bond donors (Lipinski definition) is 0. The molecule has 1 fully saturated rings. The van der Waals surface area contributed by atoms with E-state index in [0.717, 1.165) is 0 Å². The molecule has 0 aromatic heterocycles. The predicted molar refractivity (Wildman–Crippen MR) is 37.9 cm³/mol. The Morgan fingerprint density at radius 2 is 2.36 bits per heavy atom. The first kappa shape index (κ1) is 8.46. The highest BCUT2D eigenvalue weighted by molar-refractivity contribution is 5.76. The molecule has 2 atom stereocenters. The number of methoxy groups -OCH3 is 1. The number of carbonyl (C=O) groups excluding carboxylic acids is 1. The van der Waals surface area contributed by atoms with E-state index in [9.17, 15) is 9.18 Å². The third-order valence-electron chi connectivity index (χ3n) is 1.97.